The predicted molar refractivity (Wildman–Crippen MR) is 99.3 cm³/mol. The first-order valence-corrected chi connectivity index (χ1v) is 9.02. The summed E-state index contributed by atoms with van der Waals surface area (Å²) in [5.74, 6) is 1.48. The summed E-state index contributed by atoms with van der Waals surface area (Å²) in [4.78, 5) is 10.2. The Hall–Kier alpha value is -2.40. The van der Waals surface area contributed by atoms with Gasteiger partial charge in [0.2, 0.25) is 0 Å². The van der Waals surface area contributed by atoms with Gasteiger partial charge in [-0.3, -0.25) is 10.00 Å². The molecule has 0 spiro atoms. The van der Waals surface area contributed by atoms with Gasteiger partial charge in [-0.25, -0.2) is 4.98 Å². The van der Waals surface area contributed by atoms with Crippen molar-refractivity contribution in [2.24, 2.45) is 0 Å². The van der Waals surface area contributed by atoms with Gasteiger partial charge in [-0.05, 0) is 38.8 Å². The molecule has 0 radical (unpaired) electrons. The van der Waals surface area contributed by atoms with Gasteiger partial charge in [-0.15, -0.1) is 0 Å². The SMILES string of the molecule is Cc1ccc(-c2cn[nH]c2C2CCCN(Cc3cnc(C)[nH]3)C2)cc1. The number of rotatable bonds is 4. The molecule has 0 amide bonds. The number of aromatic amines is 2. The van der Waals surface area contributed by atoms with Gasteiger partial charge in [0.25, 0.3) is 0 Å². The number of imidazole rings is 1. The molecule has 2 aromatic heterocycles. The van der Waals surface area contributed by atoms with Gasteiger partial charge in [-0.1, -0.05) is 29.8 Å². The average Bonchev–Trinajstić information content (AvgIpc) is 3.25. The third kappa shape index (κ3) is 3.51. The van der Waals surface area contributed by atoms with Crippen molar-refractivity contribution in [2.75, 3.05) is 13.1 Å². The highest BCUT2D eigenvalue weighted by Gasteiger charge is 2.25. The predicted octanol–water partition coefficient (Wildman–Crippen LogP) is 3.80. The zero-order valence-electron chi connectivity index (χ0n) is 14.9. The van der Waals surface area contributed by atoms with Gasteiger partial charge in [0.15, 0.2) is 0 Å². The molecular weight excluding hydrogens is 310 g/mol. The Bertz CT molecular complexity index is 830. The molecule has 1 unspecified atom stereocenters. The quantitative estimate of drug-likeness (QED) is 0.762. The summed E-state index contributed by atoms with van der Waals surface area (Å²) in [5.41, 5.74) is 6.24. The maximum atomic E-state index is 4.35. The maximum absolute atomic E-state index is 4.35. The molecule has 1 atom stereocenters. The summed E-state index contributed by atoms with van der Waals surface area (Å²) in [7, 11) is 0. The van der Waals surface area contributed by atoms with Crippen LogP contribution in [0.15, 0.2) is 36.7 Å². The number of nitrogens with one attached hydrogen (secondary N) is 2. The Labute approximate surface area is 148 Å². The number of H-pyrrole nitrogens is 2. The second-order valence-corrected chi connectivity index (χ2v) is 7.13. The minimum atomic E-state index is 0.497. The van der Waals surface area contributed by atoms with E-state index in [1.165, 1.54) is 40.9 Å². The highest BCUT2D eigenvalue weighted by molar-refractivity contribution is 5.66. The number of nitrogens with zero attached hydrogens (tertiary/aromatic N) is 3. The first-order valence-electron chi connectivity index (χ1n) is 9.02. The van der Waals surface area contributed by atoms with Crippen molar-refractivity contribution in [1.82, 2.24) is 25.1 Å². The highest BCUT2D eigenvalue weighted by atomic mass is 15.2. The molecule has 0 saturated carbocycles. The van der Waals surface area contributed by atoms with Crippen LogP contribution in [0.3, 0.4) is 0 Å². The topological polar surface area (TPSA) is 60.6 Å². The van der Waals surface area contributed by atoms with Crippen LogP contribution in [0, 0.1) is 13.8 Å². The van der Waals surface area contributed by atoms with Crippen molar-refractivity contribution in [1.29, 1.82) is 0 Å². The number of aryl methyl sites for hydroxylation is 2. The molecule has 1 saturated heterocycles. The van der Waals surface area contributed by atoms with Crippen LogP contribution >= 0.6 is 0 Å². The summed E-state index contributed by atoms with van der Waals surface area (Å²) in [6.45, 7) is 7.25. The second-order valence-electron chi connectivity index (χ2n) is 7.13. The number of piperidine rings is 1. The van der Waals surface area contributed by atoms with Crippen LogP contribution in [-0.2, 0) is 6.54 Å². The molecule has 1 fully saturated rings. The highest BCUT2D eigenvalue weighted by Crippen LogP contribution is 2.33. The molecule has 25 heavy (non-hydrogen) atoms. The van der Waals surface area contributed by atoms with Gasteiger partial charge < -0.3 is 4.98 Å². The normalized spacial score (nSPS) is 18.6. The Morgan fingerprint density at radius 1 is 1.16 bits per heavy atom. The van der Waals surface area contributed by atoms with Crippen molar-refractivity contribution in [3.63, 3.8) is 0 Å². The van der Waals surface area contributed by atoms with Crippen LogP contribution in [0.25, 0.3) is 11.1 Å². The molecule has 2 N–H and O–H groups in total. The Kier molecular flexibility index (Phi) is 4.40. The van der Waals surface area contributed by atoms with Crippen LogP contribution in [0.1, 0.15) is 41.5 Å². The van der Waals surface area contributed by atoms with E-state index in [1.54, 1.807) is 0 Å². The lowest BCUT2D eigenvalue weighted by atomic mass is 9.90. The maximum Gasteiger partial charge on any atom is 0.103 e. The first kappa shape index (κ1) is 16.1. The van der Waals surface area contributed by atoms with Crippen LogP contribution in [0.2, 0.25) is 0 Å². The zero-order valence-corrected chi connectivity index (χ0v) is 14.9. The summed E-state index contributed by atoms with van der Waals surface area (Å²) in [6, 6.07) is 8.72. The van der Waals surface area contributed by atoms with Crippen molar-refractivity contribution in [3.8, 4) is 11.1 Å². The molecule has 130 valence electrons. The minimum Gasteiger partial charge on any atom is -0.345 e. The fraction of sp³-hybridized carbons (Fsp3) is 0.400. The third-order valence-electron chi connectivity index (χ3n) is 5.09. The summed E-state index contributed by atoms with van der Waals surface area (Å²) < 4.78 is 0. The lowest BCUT2D eigenvalue weighted by molar-refractivity contribution is 0.197. The van der Waals surface area contributed by atoms with E-state index in [1.807, 2.05) is 19.3 Å². The molecule has 1 aliphatic heterocycles. The molecule has 4 rings (SSSR count). The van der Waals surface area contributed by atoms with Crippen LogP contribution < -0.4 is 0 Å². The first-order chi connectivity index (χ1) is 12.2. The monoisotopic (exact) mass is 335 g/mol. The molecule has 5 nitrogen and oxygen atoms in total. The Morgan fingerprint density at radius 2 is 2.00 bits per heavy atom. The van der Waals surface area contributed by atoms with E-state index in [0.29, 0.717) is 5.92 Å². The second kappa shape index (κ2) is 6.84. The Morgan fingerprint density at radius 3 is 2.76 bits per heavy atom. The smallest absolute Gasteiger partial charge is 0.103 e. The lowest BCUT2D eigenvalue weighted by Crippen LogP contribution is -2.34. The molecular formula is C20H25N5. The molecule has 3 heterocycles. The van der Waals surface area contributed by atoms with Crippen LogP contribution in [0.4, 0.5) is 0 Å². The Balaban J connectivity index is 1.52. The molecule has 0 bridgehead atoms. The fourth-order valence-electron chi connectivity index (χ4n) is 3.80. The average molecular weight is 335 g/mol. The molecule has 1 aliphatic rings. The van der Waals surface area contributed by atoms with E-state index >= 15 is 0 Å². The van der Waals surface area contributed by atoms with E-state index in [9.17, 15) is 0 Å². The molecule has 5 heteroatoms. The molecule has 1 aromatic carbocycles. The van der Waals surface area contributed by atoms with Crippen molar-refractivity contribution in [3.05, 3.63) is 59.4 Å². The van der Waals surface area contributed by atoms with Gasteiger partial charge in [0, 0.05) is 42.2 Å². The van der Waals surface area contributed by atoms with E-state index in [2.05, 4.69) is 56.3 Å². The van der Waals surface area contributed by atoms with Crippen LogP contribution in [-0.4, -0.2) is 38.2 Å². The zero-order chi connectivity index (χ0) is 17.2. The largest absolute Gasteiger partial charge is 0.345 e. The number of aromatic nitrogens is 4. The number of hydrogen-bond donors (Lipinski definition) is 2. The minimum absolute atomic E-state index is 0.497. The van der Waals surface area contributed by atoms with Crippen molar-refractivity contribution >= 4 is 0 Å². The summed E-state index contributed by atoms with van der Waals surface area (Å²) in [5, 5.41) is 7.63. The van der Waals surface area contributed by atoms with Gasteiger partial charge in [0.1, 0.15) is 5.82 Å². The number of likely N-dealkylation sites (tertiary alicyclic amines) is 1. The lowest BCUT2D eigenvalue weighted by Gasteiger charge is -2.32. The number of hydrogen-bond acceptors (Lipinski definition) is 3. The van der Waals surface area contributed by atoms with Gasteiger partial charge >= 0.3 is 0 Å². The van der Waals surface area contributed by atoms with Gasteiger partial charge in [0.05, 0.1) is 6.20 Å². The molecule has 0 aliphatic carbocycles. The summed E-state index contributed by atoms with van der Waals surface area (Å²) >= 11 is 0. The summed E-state index contributed by atoms with van der Waals surface area (Å²) in [6.07, 6.45) is 6.34. The number of benzene rings is 1. The van der Waals surface area contributed by atoms with E-state index < -0.39 is 0 Å². The van der Waals surface area contributed by atoms with Crippen molar-refractivity contribution in [2.45, 2.75) is 39.2 Å². The van der Waals surface area contributed by atoms with Crippen molar-refractivity contribution < 1.29 is 0 Å². The van der Waals surface area contributed by atoms with E-state index in [0.717, 1.165) is 25.5 Å². The third-order valence-corrected chi connectivity index (χ3v) is 5.09. The van der Waals surface area contributed by atoms with Crippen LogP contribution in [0.5, 0.6) is 0 Å². The molecule has 3 aromatic rings. The standard InChI is InChI=1S/C20H25N5/c1-14-5-7-16(8-6-14)19-11-22-24-20(19)17-4-3-9-25(12-17)13-18-10-21-15(2)23-18/h5-8,10-11,17H,3-4,9,12-13H2,1-2H3,(H,21,23)(H,22,24). The van der Waals surface area contributed by atoms with Gasteiger partial charge in [-0.2, -0.15) is 5.10 Å². The fourth-order valence-corrected chi connectivity index (χ4v) is 3.80. The van der Waals surface area contributed by atoms with E-state index in [-0.39, 0.29) is 0 Å². The van der Waals surface area contributed by atoms with E-state index in [4.69, 9.17) is 0 Å².